The molecular weight excluding hydrogens is 324 g/mol. The monoisotopic (exact) mass is 340 g/mol. The lowest BCUT2D eigenvalue weighted by atomic mass is 9.97. The van der Waals surface area contributed by atoms with Crippen molar-refractivity contribution in [1.82, 2.24) is 9.97 Å². The number of aromatic amines is 1. The van der Waals surface area contributed by atoms with E-state index in [0.717, 1.165) is 36.9 Å². The highest BCUT2D eigenvalue weighted by molar-refractivity contribution is 7.99. The lowest BCUT2D eigenvalue weighted by molar-refractivity contribution is -0.113. The predicted molar refractivity (Wildman–Crippen MR) is 92.0 cm³/mol. The second-order valence-electron chi connectivity index (χ2n) is 5.50. The summed E-state index contributed by atoms with van der Waals surface area (Å²) in [7, 11) is 0. The third kappa shape index (κ3) is 3.66. The Morgan fingerprint density at radius 3 is 2.96 bits per heavy atom. The van der Waals surface area contributed by atoms with Gasteiger partial charge < -0.3 is 10.3 Å². The van der Waals surface area contributed by atoms with E-state index in [1.807, 2.05) is 6.07 Å². The average molecular weight is 340 g/mol. The molecule has 1 aromatic carbocycles. The average Bonchev–Trinajstić information content (AvgIpc) is 2.60. The Morgan fingerprint density at radius 1 is 1.33 bits per heavy atom. The van der Waals surface area contributed by atoms with Crippen molar-refractivity contribution in [3.05, 3.63) is 51.4 Å². The number of hydrogen-bond donors (Lipinski definition) is 2. The summed E-state index contributed by atoms with van der Waals surface area (Å²) in [5, 5.41) is 12.2. The van der Waals surface area contributed by atoms with Crippen LogP contribution in [0.4, 0.5) is 5.69 Å². The molecule has 7 heteroatoms. The van der Waals surface area contributed by atoms with Crippen LogP contribution in [0.1, 0.15) is 29.7 Å². The van der Waals surface area contributed by atoms with Crippen LogP contribution in [0, 0.1) is 11.3 Å². The van der Waals surface area contributed by atoms with Gasteiger partial charge in [0.15, 0.2) is 5.16 Å². The maximum Gasteiger partial charge on any atom is 0.254 e. The van der Waals surface area contributed by atoms with Crippen LogP contribution in [0.2, 0.25) is 0 Å². The molecule has 24 heavy (non-hydrogen) atoms. The number of carbonyl (C=O) groups is 1. The minimum absolute atomic E-state index is 0.0996. The summed E-state index contributed by atoms with van der Waals surface area (Å²) in [6.45, 7) is 0. The number of nitrogens with zero attached hydrogens (tertiary/aromatic N) is 2. The van der Waals surface area contributed by atoms with Crippen LogP contribution in [0.5, 0.6) is 0 Å². The van der Waals surface area contributed by atoms with Gasteiger partial charge in [0.25, 0.3) is 5.56 Å². The molecule has 0 spiro atoms. The first-order chi connectivity index (χ1) is 11.7. The minimum atomic E-state index is -0.247. The fraction of sp³-hybridized carbons (Fsp3) is 0.294. The molecule has 0 radical (unpaired) electrons. The number of nitrogens with one attached hydrogen (secondary N) is 2. The van der Waals surface area contributed by atoms with Crippen LogP contribution in [0.25, 0.3) is 0 Å². The highest BCUT2D eigenvalue weighted by atomic mass is 32.2. The summed E-state index contributed by atoms with van der Waals surface area (Å²) in [6.07, 6.45) is 3.65. The van der Waals surface area contributed by atoms with Crippen molar-refractivity contribution in [3.8, 4) is 6.07 Å². The van der Waals surface area contributed by atoms with E-state index >= 15 is 0 Å². The molecule has 0 saturated heterocycles. The lowest BCUT2D eigenvalue weighted by Gasteiger charge is -2.14. The number of carbonyl (C=O) groups excluding carboxylic acids is 1. The molecule has 1 aliphatic rings. The van der Waals surface area contributed by atoms with Crippen LogP contribution in [-0.4, -0.2) is 21.6 Å². The van der Waals surface area contributed by atoms with Gasteiger partial charge in [0.1, 0.15) is 6.07 Å². The van der Waals surface area contributed by atoms with E-state index in [-0.39, 0.29) is 17.2 Å². The van der Waals surface area contributed by atoms with Gasteiger partial charge in [0, 0.05) is 5.56 Å². The van der Waals surface area contributed by atoms with Gasteiger partial charge in [-0.05, 0) is 37.8 Å². The van der Waals surface area contributed by atoms with Crippen molar-refractivity contribution in [2.45, 2.75) is 30.8 Å². The van der Waals surface area contributed by atoms with Gasteiger partial charge in [-0.15, -0.1) is 0 Å². The van der Waals surface area contributed by atoms with Crippen LogP contribution < -0.4 is 10.9 Å². The largest absolute Gasteiger partial charge is 0.324 e. The molecular formula is C17H16N4O2S. The lowest BCUT2D eigenvalue weighted by Crippen LogP contribution is -2.22. The zero-order chi connectivity index (χ0) is 16.9. The number of aryl methyl sites for hydroxylation is 1. The maximum absolute atomic E-state index is 12.1. The van der Waals surface area contributed by atoms with Crippen LogP contribution >= 0.6 is 11.8 Å². The Hall–Kier alpha value is -2.59. The quantitative estimate of drug-likeness (QED) is 0.657. The third-order valence-electron chi connectivity index (χ3n) is 3.83. The van der Waals surface area contributed by atoms with E-state index in [4.69, 9.17) is 5.26 Å². The van der Waals surface area contributed by atoms with Crippen molar-refractivity contribution in [2.24, 2.45) is 0 Å². The van der Waals surface area contributed by atoms with Gasteiger partial charge in [-0.1, -0.05) is 23.9 Å². The van der Waals surface area contributed by atoms with E-state index in [1.165, 1.54) is 11.8 Å². The van der Waals surface area contributed by atoms with Crippen molar-refractivity contribution in [3.63, 3.8) is 0 Å². The van der Waals surface area contributed by atoms with Gasteiger partial charge >= 0.3 is 0 Å². The van der Waals surface area contributed by atoms with Gasteiger partial charge in [-0.3, -0.25) is 9.59 Å². The molecule has 0 fully saturated rings. The first kappa shape index (κ1) is 16.3. The minimum Gasteiger partial charge on any atom is -0.324 e. The zero-order valence-corrected chi connectivity index (χ0v) is 13.8. The van der Waals surface area contributed by atoms with Gasteiger partial charge in [-0.25, -0.2) is 4.98 Å². The molecule has 6 nitrogen and oxygen atoms in total. The fourth-order valence-corrected chi connectivity index (χ4v) is 3.34. The van der Waals surface area contributed by atoms with Gasteiger partial charge in [0.05, 0.1) is 22.7 Å². The van der Waals surface area contributed by atoms with Crippen molar-refractivity contribution >= 4 is 23.4 Å². The van der Waals surface area contributed by atoms with Crippen LogP contribution in [0.15, 0.2) is 34.2 Å². The smallest absolute Gasteiger partial charge is 0.254 e. The highest BCUT2D eigenvalue weighted by Gasteiger charge is 2.16. The molecule has 3 rings (SSSR count). The summed E-state index contributed by atoms with van der Waals surface area (Å²) in [4.78, 5) is 31.3. The van der Waals surface area contributed by atoms with E-state index in [9.17, 15) is 9.59 Å². The summed E-state index contributed by atoms with van der Waals surface area (Å²) < 4.78 is 0. The second-order valence-corrected chi connectivity index (χ2v) is 6.46. The number of hydrogen-bond acceptors (Lipinski definition) is 5. The first-order valence-corrected chi connectivity index (χ1v) is 8.70. The molecule has 2 N–H and O–H groups in total. The van der Waals surface area contributed by atoms with E-state index in [2.05, 4.69) is 15.3 Å². The SMILES string of the molecule is N#Cc1ccccc1NC(=O)CSc1nc2c(c(=O)[nH]1)CCCC2. The number of nitriles is 1. The number of para-hydroxylation sites is 1. The number of H-pyrrole nitrogens is 1. The second kappa shape index (κ2) is 7.32. The Labute approximate surface area is 143 Å². The van der Waals surface area contributed by atoms with Gasteiger partial charge in [-0.2, -0.15) is 5.26 Å². The zero-order valence-electron chi connectivity index (χ0n) is 13.0. The maximum atomic E-state index is 12.1. The van der Waals surface area contributed by atoms with Crippen molar-refractivity contribution in [2.75, 3.05) is 11.1 Å². The molecule has 1 heterocycles. The molecule has 0 bridgehead atoms. The summed E-state index contributed by atoms with van der Waals surface area (Å²) >= 11 is 1.19. The summed E-state index contributed by atoms with van der Waals surface area (Å²) in [5.74, 6) is -0.135. The third-order valence-corrected chi connectivity index (χ3v) is 4.70. The Kier molecular flexibility index (Phi) is 4.96. The summed E-state index contributed by atoms with van der Waals surface area (Å²) in [6, 6.07) is 8.86. The number of anilines is 1. The van der Waals surface area contributed by atoms with Crippen LogP contribution in [0.3, 0.4) is 0 Å². The van der Waals surface area contributed by atoms with Crippen LogP contribution in [-0.2, 0) is 17.6 Å². The molecule has 0 aliphatic heterocycles. The molecule has 1 aromatic heterocycles. The molecule has 122 valence electrons. The topological polar surface area (TPSA) is 98.6 Å². The molecule has 2 aromatic rings. The number of fused-ring (bicyclic) bond motifs is 1. The summed E-state index contributed by atoms with van der Waals surface area (Å²) in [5.41, 5.74) is 2.42. The number of benzene rings is 1. The van der Waals surface area contributed by atoms with Crippen molar-refractivity contribution in [1.29, 1.82) is 5.26 Å². The number of amides is 1. The number of aromatic nitrogens is 2. The Balaban J connectivity index is 1.66. The number of thioether (sulfide) groups is 1. The first-order valence-electron chi connectivity index (χ1n) is 7.71. The number of rotatable bonds is 4. The van der Waals surface area contributed by atoms with Crippen molar-refractivity contribution < 1.29 is 4.79 Å². The molecule has 1 amide bonds. The van der Waals surface area contributed by atoms with E-state index in [0.29, 0.717) is 16.4 Å². The molecule has 0 atom stereocenters. The fourth-order valence-electron chi connectivity index (χ4n) is 2.66. The molecule has 1 aliphatic carbocycles. The predicted octanol–water partition coefficient (Wildman–Crippen LogP) is 2.25. The highest BCUT2D eigenvalue weighted by Crippen LogP contribution is 2.20. The standard InChI is InChI=1S/C17H16N4O2S/c18-9-11-5-1-3-7-13(11)19-15(22)10-24-17-20-14-8-4-2-6-12(14)16(23)21-17/h1,3,5,7H,2,4,6,8,10H2,(H,19,22)(H,20,21,23). The van der Waals surface area contributed by atoms with E-state index < -0.39 is 0 Å². The molecule has 0 saturated carbocycles. The molecule has 0 unspecified atom stereocenters. The Bertz CT molecular complexity index is 870. The normalized spacial score (nSPS) is 13.0. The van der Waals surface area contributed by atoms with E-state index in [1.54, 1.807) is 24.3 Å². The Morgan fingerprint density at radius 2 is 2.12 bits per heavy atom. The van der Waals surface area contributed by atoms with Gasteiger partial charge in [0.2, 0.25) is 5.91 Å².